The van der Waals surface area contributed by atoms with Gasteiger partial charge >= 0.3 is 0 Å². The van der Waals surface area contributed by atoms with E-state index in [-0.39, 0.29) is 12.5 Å². The van der Waals surface area contributed by atoms with Crippen LogP contribution in [0.3, 0.4) is 0 Å². The van der Waals surface area contributed by atoms with E-state index in [1.165, 1.54) is 193 Å². The van der Waals surface area contributed by atoms with Crippen LogP contribution in [0.25, 0.3) is 0 Å². The second-order valence-corrected chi connectivity index (χ2v) is 24.7. The predicted molar refractivity (Wildman–Crippen MR) is 368 cm³/mol. The SMILES string of the molecule is CC/C=C\C/C=C\C/C=C\C/C=C\C/C=C\C/C=C\C/C=C\C/C=C\C/C=C\CCCCCCCCCCCCCCCC(=O)NC(COC1OC(CO)C(O)C(O)C1O)C(O)CCCCCCCCCCCCCCCCCCCCCCCC. The van der Waals surface area contributed by atoms with Gasteiger partial charge in [0.05, 0.1) is 25.4 Å². The Morgan fingerprint density at radius 1 is 0.407 bits per heavy atom. The molecule has 0 saturated carbocycles. The number of nitrogens with one attached hydrogen (secondary N) is 1. The van der Waals surface area contributed by atoms with Gasteiger partial charge in [0.1, 0.15) is 24.4 Å². The highest BCUT2D eigenvalue weighted by Gasteiger charge is 2.44. The molecule has 0 aromatic rings. The van der Waals surface area contributed by atoms with Gasteiger partial charge in [-0.2, -0.15) is 0 Å². The Balaban J connectivity index is 2.10. The van der Waals surface area contributed by atoms with Crippen molar-refractivity contribution in [3.8, 4) is 0 Å². The molecule has 0 radical (unpaired) electrons. The van der Waals surface area contributed by atoms with Gasteiger partial charge in [0.15, 0.2) is 6.29 Å². The van der Waals surface area contributed by atoms with E-state index in [9.17, 15) is 30.3 Å². The summed E-state index contributed by atoms with van der Waals surface area (Å²) in [6.45, 7) is 3.75. The van der Waals surface area contributed by atoms with Crippen molar-refractivity contribution in [3.63, 3.8) is 0 Å². The van der Waals surface area contributed by atoms with E-state index in [4.69, 9.17) is 9.47 Å². The summed E-state index contributed by atoms with van der Waals surface area (Å²) in [5.41, 5.74) is 0. The third-order valence-electron chi connectivity index (χ3n) is 16.6. The first kappa shape index (κ1) is 80.9. The lowest BCUT2D eigenvalue weighted by atomic mass is 9.99. The van der Waals surface area contributed by atoms with E-state index in [1.54, 1.807) is 0 Å². The number of unbranched alkanes of at least 4 members (excludes halogenated alkanes) is 34. The monoisotopic (exact) mass is 1200 g/mol. The summed E-state index contributed by atoms with van der Waals surface area (Å²) in [5, 5.41) is 54.9. The fourth-order valence-corrected chi connectivity index (χ4v) is 11.0. The standard InChI is InChI=1S/C77H135NO8/c1-3-5-7-9-11-13-15-17-19-21-23-25-27-28-29-30-31-32-33-34-35-36-37-38-39-40-41-42-43-44-45-47-49-51-53-55-57-59-61-63-65-67-73(81)78-70(69-85-77-76(84)75(83)74(82)72(68-79)86-77)71(80)66-64-62-60-58-56-54-52-50-48-46-26-24-22-20-18-16-14-12-10-8-6-4-2/h5,7,11,13,17,19,23,25,28-29,31-32,34-35,37-38,40-41,70-72,74-77,79-80,82-84H,3-4,6,8-10,12,14-16,18,20-22,24,26-27,30,33,36,39,42-69H2,1-2H3,(H,78,81)/b7-5-,13-11-,19-17-,25-23-,29-28-,32-31-,35-34-,38-37-,41-40-. The van der Waals surface area contributed by atoms with Crippen LogP contribution >= 0.6 is 0 Å². The minimum atomic E-state index is -1.56. The average molecular weight is 1200 g/mol. The van der Waals surface area contributed by atoms with E-state index in [0.717, 1.165) is 96.3 Å². The molecule has 1 fully saturated rings. The van der Waals surface area contributed by atoms with Gasteiger partial charge in [0.2, 0.25) is 5.91 Å². The van der Waals surface area contributed by atoms with Crippen molar-refractivity contribution in [1.82, 2.24) is 5.32 Å². The molecule has 7 atom stereocenters. The van der Waals surface area contributed by atoms with Crippen molar-refractivity contribution in [1.29, 1.82) is 0 Å². The van der Waals surface area contributed by atoms with Crippen LogP contribution in [-0.4, -0.2) is 87.5 Å². The van der Waals surface area contributed by atoms with Crippen molar-refractivity contribution in [2.45, 2.75) is 358 Å². The summed E-state index contributed by atoms with van der Waals surface area (Å²) >= 11 is 0. The fourth-order valence-electron chi connectivity index (χ4n) is 11.0. The first-order valence-electron chi connectivity index (χ1n) is 36.1. The Bertz CT molecular complexity index is 1730. The Morgan fingerprint density at radius 3 is 1.07 bits per heavy atom. The van der Waals surface area contributed by atoms with Crippen LogP contribution in [0.2, 0.25) is 0 Å². The average Bonchev–Trinajstić information content (AvgIpc) is 2.36. The topological polar surface area (TPSA) is 149 Å². The molecule has 1 saturated heterocycles. The molecular formula is C77H135NO8. The molecule has 1 amide bonds. The molecule has 86 heavy (non-hydrogen) atoms. The Labute approximate surface area is 529 Å². The molecule has 0 aromatic heterocycles. The van der Waals surface area contributed by atoms with Gasteiger partial charge in [-0.25, -0.2) is 0 Å². The maximum absolute atomic E-state index is 13.2. The minimum absolute atomic E-state index is 0.141. The van der Waals surface area contributed by atoms with Crippen LogP contribution < -0.4 is 5.32 Å². The first-order chi connectivity index (χ1) is 42.3. The summed E-state index contributed by atoms with van der Waals surface area (Å²) in [7, 11) is 0. The van der Waals surface area contributed by atoms with E-state index in [2.05, 4.69) is 129 Å². The molecule has 1 aliphatic heterocycles. The highest BCUT2D eigenvalue weighted by Crippen LogP contribution is 2.24. The summed E-state index contributed by atoms with van der Waals surface area (Å²) in [6, 6.07) is -0.727. The first-order valence-corrected chi connectivity index (χ1v) is 36.1. The molecule has 1 aliphatic rings. The van der Waals surface area contributed by atoms with Gasteiger partial charge in [0.25, 0.3) is 0 Å². The predicted octanol–water partition coefficient (Wildman–Crippen LogP) is 20.0. The summed E-state index contributed by atoms with van der Waals surface area (Å²) in [6.07, 6.45) is 88.6. The lowest BCUT2D eigenvalue weighted by molar-refractivity contribution is -0.302. The van der Waals surface area contributed by atoms with Crippen molar-refractivity contribution in [3.05, 3.63) is 109 Å². The molecule has 9 nitrogen and oxygen atoms in total. The number of aliphatic hydroxyl groups is 5. The molecule has 9 heteroatoms. The Hall–Kier alpha value is -3.15. The van der Waals surface area contributed by atoms with E-state index >= 15 is 0 Å². The smallest absolute Gasteiger partial charge is 0.220 e. The second-order valence-electron chi connectivity index (χ2n) is 24.7. The number of ether oxygens (including phenoxy) is 2. The van der Waals surface area contributed by atoms with Crippen molar-refractivity contribution in [2.75, 3.05) is 13.2 Å². The molecule has 0 spiro atoms. The molecule has 0 aliphatic carbocycles. The Kier molecular flexibility index (Phi) is 61.0. The summed E-state index contributed by atoms with van der Waals surface area (Å²) in [4.78, 5) is 13.2. The van der Waals surface area contributed by atoms with Crippen LogP contribution in [0, 0.1) is 0 Å². The number of carbonyl (C=O) groups excluding carboxylic acids is 1. The lowest BCUT2D eigenvalue weighted by Crippen LogP contribution is -2.60. The molecule has 7 unspecified atom stereocenters. The minimum Gasteiger partial charge on any atom is -0.394 e. The van der Waals surface area contributed by atoms with E-state index < -0.39 is 49.5 Å². The van der Waals surface area contributed by atoms with Crippen molar-refractivity contribution in [2.24, 2.45) is 0 Å². The second kappa shape index (κ2) is 64.8. The summed E-state index contributed by atoms with van der Waals surface area (Å²) < 4.78 is 11.4. The van der Waals surface area contributed by atoms with E-state index in [1.807, 2.05) is 0 Å². The van der Waals surface area contributed by atoms with Crippen LogP contribution in [0.5, 0.6) is 0 Å². The zero-order chi connectivity index (χ0) is 62.1. The molecule has 0 bridgehead atoms. The van der Waals surface area contributed by atoms with Crippen molar-refractivity contribution < 1.29 is 39.8 Å². The van der Waals surface area contributed by atoms with Gasteiger partial charge in [-0.15, -0.1) is 0 Å². The number of aliphatic hydroxyl groups excluding tert-OH is 5. The van der Waals surface area contributed by atoms with Gasteiger partial charge in [-0.1, -0.05) is 335 Å². The molecule has 1 rings (SSSR count). The third-order valence-corrected chi connectivity index (χ3v) is 16.6. The van der Waals surface area contributed by atoms with Gasteiger partial charge in [-0.05, 0) is 83.5 Å². The fraction of sp³-hybridized carbons (Fsp3) is 0.753. The zero-order valence-electron chi connectivity index (χ0n) is 55.5. The Morgan fingerprint density at radius 2 is 0.721 bits per heavy atom. The van der Waals surface area contributed by atoms with E-state index in [0.29, 0.717) is 12.8 Å². The van der Waals surface area contributed by atoms with Crippen LogP contribution in [0.15, 0.2) is 109 Å². The largest absolute Gasteiger partial charge is 0.394 e. The molecular weight excluding hydrogens is 1070 g/mol. The number of hydrogen-bond acceptors (Lipinski definition) is 8. The molecule has 1 heterocycles. The molecule has 6 N–H and O–H groups in total. The quantitative estimate of drug-likeness (QED) is 0.0261. The maximum atomic E-state index is 13.2. The number of rotatable bonds is 62. The highest BCUT2D eigenvalue weighted by atomic mass is 16.7. The number of amides is 1. The number of hydrogen-bond donors (Lipinski definition) is 6. The van der Waals surface area contributed by atoms with Gasteiger partial charge in [0, 0.05) is 6.42 Å². The molecule has 496 valence electrons. The van der Waals surface area contributed by atoms with Gasteiger partial charge < -0.3 is 40.3 Å². The lowest BCUT2D eigenvalue weighted by Gasteiger charge is -2.40. The summed E-state index contributed by atoms with van der Waals surface area (Å²) in [5.74, 6) is -0.145. The maximum Gasteiger partial charge on any atom is 0.220 e. The normalized spacial score (nSPS) is 18.7. The number of allylic oxidation sites excluding steroid dienone is 18. The van der Waals surface area contributed by atoms with Crippen LogP contribution in [0.4, 0.5) is 0 Å². The van der Waals surface area contributed by atoms with Crippen LogP contribution in [-0.2, 0) is 14.3 Å². The zero-order valence-corrected chi connectivity index (χ0v) is 55.5. The highest BCUT2D eigenvalue weighted by molar-refractivity contribution is 5.76. The third kappa shape index (κ3) is 52.8. The van der Waals surface area contributed by atoms with Gasteiger partial charge in [-0.3, -0.25) is 4.79 Å². The number of carbonyl (C=O) groups is 1. The van der Waals surface area contributed by atoms with Crippen LogP contribution in [0.1, 0.15) is 316 Å². The molecule has 0 aromatic carbocycles. The van der Waals surface area contributed by atoms with Crippen molar-refractivity contribution >= 4 is 5.91 Å².